The molecule has 224 valence electrons. The predicted octanol–water partition coefficient (Wildman–Crippen LogP) is 7.22. The molecule has 1 N–H and O–H groups in total. The predicted molar refractivity (Wildman–Crippen MR) is 171 cm³/mol. The summed E-state index contributed by atoms with van der Waals surface area (Å²) >= 11 is 3.62. The van der Waals surface area contributed by atoms with E-state index in [0.29, 0.717) is 17.9 Å². The highest BCUT2D eigenvalue weighted by Gasteiger charge is 2.32. The lowest BCUT2D eigenvalue weighted by atomic mass is 9.87. The van der Waals surface area contributed by atoms with Gasteiger partial charge in [0.1, 0.15) is 17.5 Å². The first-order valence-electron chi connectivity index (χ1n) is 14.8. The quantitative estimate of drug-likeness (QED) is 0.242. The SMILES string of the molecule is COc1cccc(CN(C(=O)COc2ccc(C(C)(C)C)cc2Br)[C@@H](Cc2ccccc2)C(=O)NC2CCCCC2)c1. The fourth-order valence-corrected chi connectivity index (χ4v) is 5.87. The molecule has 6 nitrogen and oxygen atoms in total. The maximum atomic E-state index is 14.0. The third-order valence-corrected chi connectivity index (χ3v) is 8.48. The second kappa shape index (κ2) is 14.7. The molecule has 1 fully saturated rings. The zero-order valence-electron chi connectivity index (χ0n) is 25.2. The minimum Gasteiger partial charge on any atom is -0.497 e. The van der Waals surface area contributed by atoms with Crippen LogP contribution in [0.15, 0.2) is 77.3 Å². The van der Waals surface area contributed by atoms with Crippen LogP contribution in [-0.4, -0.2) is 42.5 Å². The Kier molecular flexibility index (Phi) is 11.1. The number of nitrogens with one attached hydrogen (secondary N) is 1. The second-order valence-electron chi connectivity index (χ2n) is 12.1. The first-order chi connectivity index (χ1) is 20.1. The Hall–Kier alpha value is -3.32. The van der Waals surface area contributed by atoms with Gasteiger partial charge in [-0.2, -0.15) is 0 Å². The lowest BCUT2D eigenvalue weighted by molar-refractivity contribution is -0.143. The Bertz CT molecular complexity index is 1330. The maximum absolute atomic E-state index is 14.0. The fraction of sp³-hybridized carbons (Fsp3) is 0.429. The van der Waals surface area contributed by atoms with Crippen molar-refractivity contribution in [3.8, 4) is 11.5 Å². The van der Waals surface area contributed by atoms with Gasteiger partial charge in [0.25, 0.3) is 5.91 Å². The largest absolute Gasteiger partial charge is 0.497 e. The molecular formula is C35H43BrN2O4. The van der Waals surface area contributed by atoms with Crippen LogP contribution in [0.2, 0.25) is 0 Å². The zero-order chi connectivity index (χ0) is 30.1. The van der Waals surface area contributed by atoms with Gasteiger partial charge in [-0.1, -0.05) is 88.6 Å². The van der Waals surface area contributed by atoms with Crippen molar-refractivity contribution >= 4 is 27.7 Å². The smallest absolute Gasteiger partial charge is 0.261 e. The molecule has 0 aliphatic heterocycles. The van der Waals surface area contributed by atoms with Crippen molar-refractivity contribution in [3.05, 3.63) is 94.0 Å². The molecule has 0 aromatic heterocycles. The van der Waals surface area contributed by atoms with Crippen LogP contribution >= 0.6 is 15.9 Å². The molecule has 4 rings (SSSR count). The monoisotopic (exact) mass is 634 g/mol. The average Bonchev–Trinajstić information content (AvgIpc) is 2.98. The van der Waals surface area contributed by atoms with E-state index in [1.807, 2.05) is 72.8 Å². The molecule has 0 bridgehead atoms. The number of ether oxygens (including phenoxy) is 2. The Labute approximate surface area is 258 Å². The van der Waals surface area contributed by atoms with Crippen molar-refractivity contribution in [2.75, 3.05) is 13.7 Å². The van der Waals surface area contributed by atoms with Crippen LogP contribution < -0.4 is 14.8 Å². The number of amides is 2. The molecule has 0 saturated heterocycles. The number of halogens is 1. The molecule has 1 aliphatic rings. The molecule has 1 saturated carbocycles. The first kappa shape index (κ1) is 31.6. The van der Waals surface area contributed by atoms with Crippen molar-refractivity contribution in [1.82, 2.24) is 10.2 Å². The van der Waals surface area contributed by atoms with Gasteiger partial charge in [-0.05, 0) is 75.1 Å². The van der Waals surface area contributed by atoms with Gasteiger partial charge in [-0.25, -0.2) is 0 Å². The van der Waals surface area contributed by atoms with Crippen LogP contribution in [0.3, 0.4) is 0 Å². The lowest BCUT2D eigenvalue weighted by Crippen LogP contribution is -2.53. The number of methoxy groups -OCH3 is 1. The van der Waals surface area contributed by atoms with E-state index in [1.54, 1.807) is 12.0 Å². The van der Waals surface area contributed by atoms with E-state index in [1.165, 1.54) is 6.42 Å². The maximum Gasteiger partial charge on any atom is 0.261 e. The summed E-state index contributed by atoms with van der Waals surface area (Å²) in [5, 5.41) is 3.28. The van der Waals surface area contributed by atoms with Crippen LogP contribution in [0, 0.1) is 0 Å². The van der Waals surface area contributed by atoms with Gasteiger partial charge in [0.05, 0.1) is 11.6 Å². The summed E-state index contributed by atoms with van der Waals surface area (Å²) in [6.07, 6.45) is 5.75. The van der Waals surface area contributed by atoms with Crippen molar-refractivity contribution in [1.29, 1.82) is 0 Å². The van der Waals surface area contributed by atoms with E-state index >= 15 is 0 Å². The van der Waals surface area contributed by atoms with E-state index < -0.39 is 6.04 Å². The summed E-state index contributed by atoms with van der Waals surface area (Å²) < 4.78 is 12.3. The summed E-state index contributed by atoms with van der Waals surface area (Å²) in [5.41, 5.74) is 3.02. The molecule has 2 amide bonds. The highest BCUT2D eigenvalue weighted by Crippen LogP contribution is 2.31. The summed E-state index contributed by atoms with van der Waals surface area (Å²) in [4.78, 5) is 29.6. The van der Waals surface area contributed by atoms with Gasteiger partial charge >= 0.3 is 0 Å². The summed E-state index contributed by atoms with van der Waals surface area (Å²) in [7, 11) is 1.62. The Morgan fingerprint density at radius 2 is 1.67 bits per heavy atom. The van der Waals surface area contributed by atoms with Crippen LogP contribution in [0.25, 0.3) is 0 Å². The molecule has 0 unspecified atom stereocenters. The molecule has 0 spiro atoms. The molecule has 3 aromatic carbocycles. The number of benzene rings is 3. The number of nitrogens with zero attached hydrogens (tertiary/aromatic N) is 1. The van der Waals surface area contributed by atoms with E-state index in [4.69, 9.17) is 9.47 Å². The van der Waals surface area contributed by atoms with E-state index in [-0.39, 0.29) is 36.4 Å². The van der Waals surface area contributed by atoms with Crippen LogP contribution in [-0.2, 0) is 28.0 Å². The highest BCUT2D eigenvalue weighted by atomic mass is 79.9. The number of hydrogen-bond donors (Lipinski definition) is 1. The molecule has 7 heteroatoms. The lowest BCUT2D eigenvalue weighted by Gasteiger charge is -2.33. The van der Waals surface area contributed by atoms with Gasteiger partial charge in [-0.15, -0.1) is 0 Å². The Balaban J connectivity index is 1.62. The molecule has 1 aliphatic carbocycles. The molecule has 42 heavy (non-hydrogen) atoms. The summed E-state index contributed by atoms with van der Waals surface area (Å²) in [6.45, 7) is 6.51. The number of carbonyl (C=O) groups is 2. The van der Waals surface area contributed by atoms with Gasteiger partial charge in [0, 0.05) is 19.0 Å². The van der Waals surface area contributed by atoms with Crippen molar-refractivity contribution < 1.29 is 19.1 Å². The van der Waals surface area contributed by atoms with Gasteiger partial charge in [0.2, 0.25) is 5.91 Å². The third-order valence-electron chi connectivity index (χ3n) is 7.86. The van der Waals surface area contributed by atoms with E-state index in [0.717, 1.165) is 46.8 Å². The Morgan fingerprint density at radius 3 is 2.33 bits per heavy atom. The van der Waals surface area contributed by atoms with Crippen molar-refractivity contribution in [2.45, 2.75) is 83.3 Å². The van der Waals surface area contributed by atoms with Gasteiger partial charge in [0.15, 0.2) is 6.61 Å². The number of carbonyl (C=O) groups excluding carboxylic acids is 2. The molecule has 0 heterocycles. The molecule has 3 aromatic rings. The van der Waals surface area contributed by atoms with Gasteiger partial charge in [-0.3, -0.25) is 9.59 Å². The minimum absolute atomic E-state index is 0.0131. The Morgan fingerprint density at radius 1 is 0.952 bits per heavy atom. The summed E-state index contributed by atoms with van der Waals surface area (Å²) in [5.74, 6) is 0.899. The molecule has 1 atom stereocenters. The number of hydrogen-bond acceptors (Lipinski definition) is 4. The summed E-state index contributed by atoms with van der Waals surface area (Å²) in [6, 6.07) is 22.9. The van der Waals surface area contributed by atoms with Crippen molar-refractivity contribution in [2.24, 2.45) is 0 Å². The number of rotatable bonds is 11. The minimum atomic E-state index is -0.705. The van der Waals surface area contributed by atoms with Crippen LogP contribution in [0.5, 0.6) is 11.5 Å². The van der Waals surface area contributed by atoms with E-state index in [2.05, 4.69) is 42.0 Å². The normalized spacial score (nSPS) is 14.6. The zero-order valence-corrected chi connectivity index (χ0v) is 26.8. The average molecular weight is 636 g/mol. The van der Waals surface area contributed by atoms with Crippen LogP contribution in [0.1, 0.15) is 69.6 Å². The first-order valence-corrected chi connectivity index (χ1v) is 15.6. The van der Waals surface area contributed by atoms with E-state index in [9.17, 15) is 9.59 Å². The highest BCUT2D eigenvalue weighted by molar-refractivity contribution is 9.10. The second-order valence-corrected chi connectivity index (χ2v) is 13.0. The fourth-order valence-electron chi connectivity index (χ4n) is 5.37. The topological polar surface area (TPSA) is 67.9 Å². The standard InChI is InChI=1S/C35H43BrN2O4/c1-35(2,3)27-18-19-32(30(36)22-27)42-24-33(39)38(23-26-14-11-17-29(20-26)41-4)31(21-25-12-7-5-8-13-25)34(40)37-28-15-9-6-10-16-28/h5,7-8,11-14,17-20,22,28,31H,6,9-10,15-16,21,23-24H2,1-4H3,(H,37,40)/t31-/m0/s1. The third kappa shape index (κ3) is 8.84. The van der Waals surface area contributed by atoms with Crippen LogP contribution in [0.4, 0.5) is 0 Å². The van der Waals surface area contributed by atoms with Gasteiger partial charge < -0.3 is 19.7 Å². The molecular weight excluding hydrogens is 592 g/mol. The molecule has 0 radical (unpaired) electrons. The van der Waals surface area contributed by atoms with Crippen molar-refractivity contribution in [3.63, 3.8) is 0 Å².